The number of hydrogen-bond acceptors (Lipinski definition) is 6. The van der Waals surface area contributed by atoms with Crippen molar-refractivity contribution in [2.45, 2.75) is 19.4 Å². The molecule has 0 unspecified atom stereocenters. The molecule has 0 aliphatic carbocycles. The number of ketones is 1. The number of hydrogen-bond donors (Lipinski definition) is 1. The van der Waals surface area contributed by atoms with Gasteiger partial charge in [0.05, 0.1) is 24.8 Å². The summed E-state index contributed by atoms with van der Waals surface area (Å²) in [5.41, 5.74) is 2.39. The Morgan fingerprint density at radius 2 is 1.87 bits per heavy atom. The monoisotopic (exact) mass is 421 g/mol. The van der Waals surface area contributed by atoms with E-state index in [1.54, 1.807) is 35.5 Å². The van der Waals surface area contributed by atoms with E-state index >= 15 is 0 Å². The van der Waals surface area contributed by atoms with Crippen LogP contribution in [0.5, 0.6) is 0 Å². The van der Waals surface area contributed by atoms with E-state index in [4.69, 9.17) is 4.74 Å². The summed E-state index contributed by atoms with van der Waals surface area (Å²) in [6.07, 6.45) is 4.02. The molecule has 0 radical (unpaired) electrons. The van der Waals surface area contributed by atoms with Crippen LogP contribution in [-0.2, 0) is 14.3 Å². The highest BCUT2D eigenvalue weighted by Crippen LogP contribution is 2.39. The number of aliphatic hydroxyl groups excluding tert-OH is 1. The third kappa shape index (κ3) is 4.52. The molecule has 7 heteroatoms. The number of pyridine rings is 1. The van der Waals surface area contributed by atoms with Crippen molar-refractivity contribution in [1.29, 1.82) is 0 Å². The van der Waals surface area contributed by atoms with Crippen LogP contribution in [0, 0.1) is 6.92 Å². The lowest BCUT2D eigenvalue weighted by Crippen LogP contribution is -2.39. The first-order chi connectivity index (χ1) is 15.1. The standard InChI is InChI=1S/C24H27N3O4/c1-17-5-7-18(8-6-17)22(28)20-21(19-4-2-9-25-16-19)27(24(30)23(20)29)11-3-10-26-12-14-31-15-13-26/h2,4-9,16,21,28H,3,10-15H2,1H3/t21-/m1/s1. The Morgan fingerprint density at radius 1 is 1.13 bits per heavy atom. The molecule has 31 heavy (non-hydrogen) atoms. The summed E-state index contributed by atoms with van der Waals surface area (Å²) >= 11 is 0. The van der Waals surface area contributed by atoms with Gasteiger partial charge in [0.15, 0.2) is 0 Å². The largest absolute Gasteiger partial charge is 0.507 e. The van der Waals surface area contributed by atoms with Gasteiger partial charge in [-0.05, 0) is 25.0 Å². The second-order valence-electron chi connectivity index (χ2n) is 7.95. The van der Waals surface area contributed by atoms with Crippen LogP contribution in [0.1, 0.15) is 29.2 Å². The third-order valence-corrected chi connectivity index (χ3v) is 5.84. The SMILES string of the molecule is Cc1ccc(C(O)=C2C(=O)C(=O)N(CCCN3CCOCC3)[C@@H]2c2cccnc2)cc1. The maximum Gasteiger partial charge on any atom is 0.295 e. The van der Waals surface area contributed by atoms with Crippen molar-refractivity contribution in [3.05, 3.63) is 71.1 Å². The minimum absolute atomic E-state index is 0.119. The van der Waals surface area contributed by atoms with Gasteiger partial charge < -0.3 is 14.7 Å². The van der Waals surface area contributed by atoms with Gasteiger partial charge in [-0.25, -0.2) is 0 Å². The first kappa shape index (κ1) is 21.2. The van der Waals surface area contributed by atoms with Crippen LogP contribution in [0.4, 0.5) is 0 Å². The predicted molar refractivity (Wildman–Crippen MR) is 116 cm³/mol. The van der Waals surface area contributed by atoms with E-state index in [0.29, 0.717) is 17.7 Å². The highest BCUT2D eigenvalue weighted by molar-refractivity contribution is 6.46. The summed E-state index contributed by atoms with van der Waals surface area (Å²) < 4.78 is 5.38. The fraction of sp³-hybridized carbons (Fsp3) is 0.375. The Balaban J connectivity index is 1.64. The Kier molecular flexibility index (Phi) is 6.44. The van der Waals surface area contributed by atoms with Gasteiger partial charge in [-0.3, -0.25) is 19.5 Å². The highest BCUT2D eigenvalue weighted by Gasteiger charge is 2.45. The molecular formula is C24H27N3O4. The zero-order chi connectivity index (χ0) is 21.8. The second kappa shape index (κ2) is 9.41. The van der Waals surface area contributed by atoms with E-state index in [0.717, 1.165) is 44.8 Å². The molecule has 2 aromatic rings. The number of nitrogens with zero attached hydrogens (tertiary/aromatic N) is 3. The number of amides is 1. The second-order valence-corrected chi connectivity index (χ2v) is 7.95. The molecule has 4 rings (SSSR count). The average molecular weight is 421 g/mol. The molecular weight excluding hydrogens is 394 g/mol. The minimum Gasteiger partial charge on any atom is -0.507 e. The fourth-order valence-electron chi connectivity index (χ4n) is 4.15. The molecule has 2 aliphatic heterocycles. The van der Waals surface area contributed by atoms with E-state index in [1.807, 2.05) is 25.1 Å². The van der Waals surface area contributed by atoms with Crippen molar-refractivity contribution >= 4 is 17.4 Å². The van der Waals surface area contributed by atoms with Gasteiger partial charge in [-0.1, -0.05) is 35.9 Å². The van der Waals surface area contributed by atoms with Gasteiger partial charge in [0.2, 0.25) is 0 Å². The van der Waals surface area contributed by atoms with E-state index in [2.05, 4.69) is 9.88 Å². The Bertz CT molecular complexity index is 966. The number of rotatable bonds is 6. The smallest absolute Gasteiger partial charge is 0.295 e. The molecule has 1 atom stereocenters. The van der Waals surface area contributed by atoms with E-state index in [-0.39, 0.29) is 11.3 Å². The summed E-state index contributed by atoms with van der Waals surface area (Å²) in [6, 6.07) is 10.2. The maximum atomic E-state index is 13.0. The zero-order valence-corrected chi connectivity index (χ0v) is 17.7. The van der Waals surface area contributed by atoms with E-state index < -0.39 is 17.7 Å². The van der Waals surface area contributed by atoms with Crippen molar-refractivity contribution < 1.29 is 19.4 Å². The van der Waals surface area contributed by atoms with Crippen molar-refractivity contribution in [2.75, 3.05) is 39.4 Å². The fourth-order valence-corrected chi connectivity index (χ4v) is 4.15. The van der Waals surface area contributed by atoms with Crippen LogP contribution in [0.3, 0.4) is 0 Å². The van der Waals surface area contributed by atoms with Crippen LogP contribution in [0.15, 0.2) is 54.4 Å². The van der Waals surface area contributed by atoms with Crippen LogP contribution in [0.2, 0.25) is 0 Å². The Hall–Kier alpha value is -3.03. The lowest BCUT2D eigenvalue weighted by atomic mass is 9.96. The lowest BCUT2D eigenvalue weighted by molar-refractivity contribution is -0.140. The summed E-state index contributed by atoms with van der Waals surface area (Å²) in [6.45, 7) is 6.38. The van der Waals surface area contributed by atoms with Gasteiger partial charge in [0.25, 0.3) is 11.7 Å². The summed E-state index contributed by atoms with van der Waals surface area (Å²) in [5.74, 6) is -1.38. The summed E-state index contributed by atoms with van der Waals surface area (Å²) in [5, 5.41) is 11.0. The molecule has 7 nitrogen and oxygen atoms in total. The number of aromatic nitrogens is 1. The van der Waals surface area contributed by atoms with E-state index in [9.17, 15) is 14.7 Å². The number of likely N-dealkylation sites (tertiary alicyclic amines) is 1. The number of Topliss-reactive ketones (excluding diaryl/α,β-unsaturated/α-hetero) is 1. The van der Waals surface area contributed by atoms with Gasteiger partial charge in [-0.15, -0.1) is 0 Å². The number of morpholine rings is 1. The number of ether oxygens (including phenoxy) is 1. The quantitative estimate of drug-likeness (QED) is 0.439. The van der Waals surface area contributed by atoms with Crippen molar-refractivity contribution in [3.8, 4) is 0 Å². The van der Waals surface area contributed by atoms with Crippen LogP contribution >= 0.6 is 0 Å². The molecule has 1 N–H and O–H groups in total. The third-order valence-electron chi connectivity index (χ3n) is 5.84. The molecule has 3 heterocycles. The van der Waals surface area contributed by atoms with Crippen LogP contribution in [0.25, 0.3) is 5.76 Å². The van der Waals surface area contributed by atoms with Crippen molar-refractivity contribution in [2.24, 2.45) is 0 Å². The first-order valence-corrected chi connectivity index (χ1v) is 10.6. The van der Waals surface area contributed by atoms with Crippen molar-refractivity contribution in [3.63, 3.8) is 0 Å². The molecule has 2 aliphatic rings. The maximum absolute atomic E-state index is 13.0. The average Bonchev–Trinajstić information content (AvgIpc) is 3.05. The first-order valence-electron chi connectivity index (χ1n) is 10.6. The number of carbonyl (C=O) groups is 2. The molecule has 1 aromatic heterocycles. The number of carbonyl (C=O) groups excluding carboxylic acids is 2. The highest BCUT2D eigenvalue weighted by atomic mass is 16.5. The molecule has 0 spiro atoms. The molecule has 2 saturated heterocycles. The number of aryl methyl sites for hydroxylation is 1. The predicted octanol–water partition coefficient (Wildman–Crippen LogP) is 2.53. The number of aliphatic hydroxyl groups is 1. The van der Waals surface area contributed by atoms with Gasteiger partial charge >= 0.3 is 0 Å². The minimum atomic E-state index is -0.654. The summed E-state index contributed by atoms with van der Waals surface area (Å²) in [7, 11) is 0. The molecule has 1 amide bonds. The lowest BCUT2D eigenvalue weighted by Gasteiger charge is -2.29. The van der Waals surface area contributed by atoms with Gasteiger partial charge in [-0.2, -0.15) is 0 Å². The number of benzene rings is 1. The zero-order valence-electron chi connectivity index (χ0n) is 17.7. The molecule has 0 bridgehead atoms. The van der Waals surface area contributed by atoms with Gasteiger partial charge in [0, 0.05) is 44.1 Å². The van der Waals surface area contributed by atoms with E-state index in [1.165, 1.54) is 0 Å². The molecule has 2 fully saturated rings. The van der Waals surface area contributed by atoms with Gasteiger partial charge in [0.1, 0.15) is 5.76 Å². The summed E-state index contributed by atoms with van der Waals surface area (Å²) in [4.78, 5) is 34.0. The Morgan fingerprint density at radius 3 is 2.55 bits per heavy atom. The molecule has 0 saturated carbocycles. The topological polar surface area (TPSA) is 83.0 Å². The Labute approximate surface area is 182 Å². The normalized spacial score (nSPS) is 21.6. The van der Waals surface area contributed by atoms with Crippen LogP contribution in [-0.4, -0.2) is 71.0 Å². The molecule has 1 aromatic carbocycles. The van der Waals surface area contributed by atoms with Crippen LogP contribution < -0.4 is 0 Å². The van der Waals surface area contributed by atoms with Crippen molar-refractivity contribution in [1.82, 2.24) is 14.8 Å². The molecule has 162 valence electrons.